The molecule has 2 aliphatic rings. The summed E-state index contributed by atoms with van der Waals surface area (Å²) >= 11 is 0. The predicted octanol–water partition coefficient (Wildman–Crippen LogP) is -0.285. The van der Waals surface area contributed by atoms with Gasteiger partial charge in [-0.15, -0.1) is 0 Å². The van der Waals surface area contributed by atoms with Crippen LogP contribution in [0.15, 0.2) is 0 Å². The third-order valence-corrected chi connectivity index (χ3v) is 3.85. The Bertz CT molecular complexity index is 516. The number of aliphatic carboxylic acids is 1. The molecule has 2 aliphatic heterocycles. The van der Waals surface area contributed by atoms with E-state index in [0.717, 1.165) is 4.90 Å². The van der Waals surface area contributed by atoms with Gasteiger partial charge in [0.1, 0.15) is 23.8 Å². The number of aliphatic hydroxyl groups is 1. The molecule has 0 radical (unpaired) electrons. The summed E-state index contributed by atoms with van der Waals surface area (Å²) in [5, 5.41) is 21.6. The highest BCUT2D eigenvalue weighted by Crippen LogP contribution is 2.24. The van der Waals surface area contributed by atoms with Crippen LogP contribution in [0, 0.1) is 0 Å². The van der Waals surface area contributed by atoms with Crippen LogP contribution >= 0.6 is 0 Å². The molecule has 2 saturated heterocycles. The van der Waals surface area contributed by atoms with E-state index in [1.54, 1.807) is 20.8 Å². The smallest absolute Gasteiger partial charge is 0.411 e. The van der Waals surface area contributed by atoms with Crippen molar-refractivity contribution >= 4 is 18.0 Å². The van der Waals surface area contributed by atoms with Gasteiger partial charge in [0.05, 0.1) is 12.6 Å². The molecule has 9 nitrogen and oxygen atoms in total. The minimum absolute atomic E-state index is 0.00951. The minimum Gasteiger partial charge on any atom is -0.480 e. The summed E-state index contributed by atoms with van der Waals surface area (Å²) in [5.41, 5.74) is -0.751. The average Bonchev–Trinajstić information content (AvgIpc) is 3.03. The van der Waals surface area contributed by atoms with Gasteiger partial charge < -0.3 is 25.0 Å². The normalized spacial score (nSPS) is 30.2. The summed E-state index contributed by atoms with van der Waals surface area (Å²) in [6.45, 7) is 5.33. The minimum atomic E-state index is -1.17. The van der Waals surface area contributed by atoms with E-state index in [-0.39, 0.29) is 19.4 Å². The molecule has 0 aliphatic carbocycles. The number of carbonyl (C=O) groups excluding carboxylic acids is 2. The van der Waals surface area contributed by atoms with Gasteiger partial charge in [-0.25, -0.2) is 9.59 Å². The molecule has 0 aromatic carbocycles. The second-order valence-electron chi connectivity index (χ2n) is 7.13. The number of β-amino-alcohol motifs (C(OH)–C–C–N with tert-alkyl or cyclic N) is 1. The maximum absolute atomic E-state index is 12.2. The zero-order chi connectivity index (χ0) is 18.1. The summed E-state index contributed by atoms with van der Waals surface area (Å²) in [6.07, 6.45) is -1.80. The lowest BCUT2D eigenvalue weighted by Crippen LogP contribution is -2.43. The van der Waals surface area contributed by atoms with Crippen molar-refractivity contribution in [3.05, 3.63) is 0 Å². The van der Waals surface area contributed by atoms with Gasteiger partial charge in [-0.05, 0) is 20.8 Å². The number of carboxylic acid groups (broad SMARTS) is 1. The van der Waals surface area contributed by atoms with Crippen molar-refractivity contribution in [3.63, 3.8) is 0 Å². The second-order valence-corrected chi connectivity index (χ2v) is 7.13. The van der Waals surface area contributed by atoms with Gasteiger partial charge in [-0.3, -0.25) is 9.69 Å². The monoisotopic (exact) mass is 344 g/mol. The Hall–Kier alpha value is -1.87. The van der Waals surface area contributed by atoms with E-state index < -0.39 is 47.9 Å². The van der Waals surface area contributed by atoms with E-state index in [0.29, 0.717) is 6.54 Å². The molecule has 3 N–H and O–H groups in total. The van der Waals surface area contributed by atoms with Crippen LogP contribution in [0.2, 0.25) is 0 Å². The number of carboxylic acids is 1. The number of carbonyl (C=O) groups is 3. The van der Waals surface area contributed by atoms with Gasteiger partial charge >= 0.3 is 18.0 Å². The lowest BCUT2D eigenvalue weighted by molar-refractivity contribution is -0.151. The topological polar surface area (TPSA) is 125 Å². The first-order valence-corrected chi connectivity index (χ1v) is 7.91. The van der Waals surface area contributed by atoms with Crippen molar-refractivity contribution in [3.8, 4) is 0 Å². The Balaban J connectivity index is 1.97. The molecular formula is C15H24N2O7. The van der Waals surface area contributed by atoms with Crippen LogP contribution < -0.4 is 5.32 Å². The first-order chi connectivity index (χ1) is 11.1. The van der Waals surface area contributed by atoms with E-state index in [1.165, 1.54) is 0 Å². The van der Waals surface area contributed by atoms with Crippen LogP contribution in [0.25, 0.3) is 0 Å². The standard InChI is InChI=1S/C15H24N2O7/c1-15(2,3)24-14(22)17-7-9(5-11(17)12(19)20)23-13(21)10-4-8(18)6-16-10/h8-11,16,18H,4-7H2,1-3H3,(H,19,20)/t8-,9-,10-,11-/m1/s1. The van der Waals surface area contributed by atoms with Gasteiger partial charge in [-0.1, -0.05) is 0 Å². The van der Waals surface area contributed by atoms with Crippen molar-refractivity contribution in [2.45, 2.75) is 63.5 Å². The SMILES string of the molecule is CC(C)(C)OC(=O)N1C[C@H](OC(=O)[C@H]2C[C@@H](O)CN2)C[C@@H]1C(=O)O. The summed E-state index contributed by atoms with van der Waals surface area (Å²) < 4.78 is 10.5. The molecule has 0 bridgehead atoms. The Morgan fingerprint density at radius 2 is 1.88 bits per heavy atom. The molecule has 24 heavy (non-hydrogen) atoms. The van der Waals surface area contributed by atoms with Gasteiger partial charge in [0.2, 0.25) is 0 Å². The van der Waals surface area contributed by atoms with Crippen LogP contribution in [-0.2, 0) is 19.1 Å². The summed E-state index contributed by atoms with van der Waals surface area (Å²) in [4.78, 5) is 36.7. The number of hydrogen-bond acceptors (Lipinski definition) is 7. The molecule has 0 saturated carbocycles. The predicted molar refractivity (Wildman–Crippen MR) is 81.3 cm³/mol. The molecule has 9 heteroatoms. The lowest BCUT2D eigenvalue weighted by Gasteiger charge is -2.26. The van der Waals surface area contributed by atoms with Crippen molar-refractivity contribution in [2.75, 3.05) is 13.1 Å². The molecule has 0 aromatic rings. The Morgan fingerprint density at radius 3 is 2.38 bits per heavy atom. The van der Waals surface area contributed by atoms with Crippen LogP contribution in [0.1, 0.15) is 33.6 Å². The second kappa shape index (κ2) is 6.94. The van der Waals surface area contributed by atoms with E-state index in [2.05, 4.69) is 5.32 Å². The quantitative estimate of drug-likeness (QED) is 0.597. The van der Waals surface area contributed by atoms with Gasteiger partial charge in [0, 0.05) is 19.4 Å². The van der Waals surface area contributed by atoms with E-state index in [9.17, 15) is 24.6 Å². The fourth-order valence-electron chi connectivity index (χ4n) is 2.78. The van der Waals surface area contributed by atoms with Crippen LogP contribution in [0.3, 0.4) is 0 Å². The molecule has 136 valence electrons. The summed E-state index contributed by atoms with van der Waals surface area (Å²) in [5.74, 6) is -1.72. The summed E-state index contributed by atoms with van der Waals surface area (Å²) in [7, 11) is 0. The van der Waals surface area contributed by atoms with Gasteiger partial charge in [-0.2, -0.15) is 0 Å². The molecule has 0 aromatic heterocycles. The highest BCUT2D eigenvalue weighted by atomic mass is 16.6. The Labute approximate surface area is 139 Å². The molecular weight excluding hydrogens is 320 g/mol. The molecule has 2 fully saturated rings. The zero-order valence-corrected chi connectivity index (χ0v) is 14.0. The zero-order valence-electron chi connectivity index (χ0n) is 14.0. The molecule has 0 unspecified atom stereocenters. The highest BCUT2D eigenvalue weighted by Gasteiger charge is 2.44. The molecule has 2 rings (SSSR count). The van der Waals surface area contributed by atoms with Gasteiger partial charge in [0.15, 0.2) is 0 Å². The van der Waals surface area contributed by atoms with Crippen LogP contribution in [0.5, 0.6) is 0 Å². The maximum atomic E-state index is 12.2. The van der Waals surface area contributed by atoms with E-state index in [4.69, 9.17) is 9.47 Å². The number of aliphatic hydroxyl groups excluding tert-OH is 1. The van der Waals surface area contributed by atoms with Crippen molar-refractivity contribution in [1.82, 2.24) is 10.2 Å². The molecule has 0 spiro atoms. The first kappa shape index (κ1) is 18.5. The lowest BCUT2D eigenvalue weighted by atomic mass is 10.2. The first-order valence-electron chi connectivity index (χ1n) is 7.91. The van der Waals surface area contributed by atoms with Crippen LogP contribution in [-0.4, -0.2) is 76.1 Å². The number of hydrogen-bond donors (Lipinski definition) is 3. The Morgan fingerprint density at radius 1 is 1.21 bits per heavy atom. The Kier molecular flexibility index (Phi) is 5.34. The summed E-state index contributed by atoms with van der Waals surface area (Å²) in [6, 6.07) is -1.71. The molecule has 4 atom stereocenters. The largest absolute Gasteiger partial charge is 0.480 e. The molecule has 1 amide bonds. The number of esters is 1. The maximum Gasteiger partial charge on any atom is 0.411 e. The average molecular weight is 344 g/mol. The van der Waals surface area contributed by atoms with Crippen LogP contribution in [0.4, 0.5) is 4.79 Å². The number of nitrogens with zero attached hydrogens (tertiary/aromatic N) is 1. The van der Waals surface area contributed by atoms with Crippen molar-refractivity contribution in [1.29, 1.82) is 0 Å². The fourth-order valence-corrected chi connectivity index (χ4v) is 2.78. The number of nitrogens with one attached hydrogen (secondary N) is 1. The van der Waals surface area contributed by atoms with E-state index >= 15 is 0 Å². The number of amides is 1. The molecule has 2 heterocycles. The third-order valence-electron chi connectivity index (χ3n) is 3.85. The van der Waals surface area contributed by atoms with Crippen molar-refractivity contribution < 1.29 is 34.1 Å². The number of ether oxygens (including phenoxy) is 2. The third kappa shape index (κ3) is 4.57. The number of rotatable bonds is 3. The van der Waals surface area contributed by atoms with Gasteiger partial charge in [0.25, 0.3) is 0 Å². The van der Waals surface area contributed by atoms with E-state index in [1.807, 2.05) is 0 Å². The fraction of sp³-hybridized carbons (Fsp3) is 0.800. The highest BCUT2D eigenvalue weighted by molar-refractivity contribution is 5.81. The van der Waals surface area contributed by atoms with Crippen molar-refractivity contribution in [2.24, 2.45) is 0 Å². The number of likely N-dealkylation sites (tertiary alicyclic amines) is 1.